The van der Waals surface area contributed by atoms with E-state index in [1.807, 2.05) is 0 Å². The molecule has 1 amide bonds. The van der Waals surface area contributed by atoms with Gasteiger partial charge < -0.3 is 9.84 Å². The zero-order chi connectivity index (χ0) is 14.3. The first kappa shape index (κ1) is 14.7. The van der Waals surface area contributed by atoms with Crippen LogP contribution in [-0.4, -0.2) is 29.6 Å². The lowest BCUT2D eigenvalue weighted by Crippen LogP contribution is -2.13. The van der Waals surface area contributed by atoms with Crippen molar-refractivity contribution < 1.29 is 24.2 Å². The number of carboxylic acid groups (broad SMARTS) is 1. The number of rotatable bonds is 6. The van der Waals surface area contributed by atoms with Crippen LogP contribution in [-0.2, 0) is 9.53 Å². The fourth-order valence-electron chi connectivity index (χ4n) is 1.39. The van der Waals surface area contributed by atoms with E-state index < -0.39 is 12.1 Å². The summed E-state index contributed by atoms with van der Waals surface area (Å²) in [6, 6.07) is 6.19. The van der Waals surface area contributed by atoms with E-state index in [9.17, 15) is 14.4 Å². The smallest absolute Gasteiger partial charge is 0.411 e. The fraction of sp³-hybridized carbons (Fsp3) is 0.308. The molecule has 0 aliphatic carbocycles. The molecule has 1 aromatic rings. The number of anilines is 1. The number of carbonyl (C=O) groups excluding carboxylic acids is 2. The predicted molar refractivity (Wildman–Crippen MR) is 68.3 cm³/mol. The molecule has 0 heterocycles. The van der Waals surface area contributed by atoms with Crippen LogP contribution in [0.1, 0.15) is 30.1 Å². The van der Waals surface area contributed by atoms with Crippen molar-refractivity contribution in [3.63, 3.8) is 0 Å². The third kappa shape index (κ3) is 5.20. The molecule has 0 aromatic heterocycles. The topological polar surface area (TPSA) is 92.7 Å². The van der Waals surface area contributed by atoms with Crippen molar-refractivity contribution in [3.05, 3.63) is 29.8 Å². The number of Topliss-reactive ketones (excluding diaryl/α,β-unsaturated/α-hetero) is 1. The summed E-state index contributed by atoms with van der Waals surface area (Å²) < 4.78 is 4.71. The number of benzene rings is 1. The Hall–Kier alpha value is -2.37. The number of hydrogen-bond acceptors (Lipinski definition) is 4. The van der Waals surface area contributed by atoms with Gasteiger partial charge in [0, 0.05) is 17.7 Å². The number of nitrogens with one attached hydrogen (secondary N) is 1. The van der Waals surface area contributed by atoms with E-state index in [2.05, 4.69) is 5.32 Å². The van der Waals surface area contributed by atoms with Gasteiger partial charge in [0.05, 0.1) is 13.0 Å². The number of amides is 1. The molecular weight excluding hydrogens is 250 g/mol. The number of ketones is 1. The van der Waals surface area contributed by atoms with Crippen molar-refractivity contribution in [2.45, 2.75) is 19.8 Å². The Labute approximate surface area is 110 Å². The molecule has 0 spiro atoms. The summed E-state index contributed by atoms with van der Waals surface area (Å²) in [5, 5.41) is 11.0. The molecule has 6 nitrogen and oxygen atoms in total. The van der Waals surface area contributed by atoms with Crippen molar-refractivity contribution in [3.8, 4) is 0 Å². The van der Waals surface area contributed by atoms with Gasteiger partial charge in [0.25, 0.3) is 0 Å². The Kier molecular flexibility index (Phi) is 5.53. The van der Waals surface area contributed by atoms with E-state index >= 15 is 0 Å². The minimum absolute atomic E-state index is 0.0417. The Morgan fingerprint density at radius 2 is 1.79 bits per heavy atom. The third-order valence-electron chi connectivity index (χ3n) is 2.29. The van der Waals surface area contributed by atoms with Gasteiger partial charge in [-0.25, -0.2) is 4.79 Å². The third-order valence-corrected chi connectivity index (χ3v) is 2.29. The standard InChI is InChI=1S/C13H15NO5/c1-2-19-13(18)14-10-5-3-9(4-6-10)11(15)7-8-12(16)17/h3-6H,2,7-8H2,1H3,(H,14,18)(H,16,17). The van der Waals surface area contributed by atoms with Crippen LogP contribution in [0.5, 0.6) is 0 Å². The second-order valence-corrected chi connectivity index (χ2v) is 3.74. The van der Waals surface area contributed by atoms with Crippen LogP contribution in [0.2, 0.25) is 0 Å². The summed E-state index contributed by atoms with van der Waals surface area (Å²) in [4.78, 5) is 33.1. The monoisotopic (exact) mass is 265 g/mol. The van der Waals surface area contributed by atoms with Crippen LogP contribution in [0.25, 0.3) is 0 Å². The zero-order valence-corrected chi connectivity index (χ0v) is 10.5. The van der Waals surface area contributed by atoms with Gasteiger partial charge in [-0.1, -0.05) is 0 Å². The molecule has 1 rings (SSSR count). The summed E-state index contributed by atoms with van der Waals surface area (Å²) in [5.74, 6) is -1.25. The molecule has 0 radical (unpaired) electrons. The number of aliphatic carboxylic acids is 1. The van der Waals surface area contributed by atoms with E-state index in [1.165, 1.54) is 12.1 Å². The molecular formula is C13H15NO5. The lowest BCUT2D eigenvalue weighted by molar-refractivity contribution is -0.136. The van der Waals surface area contributed by atoms with E-state index in [-0.39, 0.29) is 25.2 Å². The van der Waals surface area contributed by atoms with Gasteiger partial charge in [0.1, 0.15) is 0 Å². The lowest BCUT2D eigenvalue weighted by Gasteiger charge is -2.05. The first-order valence-corrected chi connectivity index (χ1v) is 5.81. The summed E-state index contributed by atoms with van der Waals surface area (Å²) in [6.45, 7) is 1.97. The highest BCUT2D eigenvalue weighted by Gasteiger charge is 2.09. The summed E-state index contributed by atoms with van der Waals surface area (Å²) in [7, 11) is 0. The van der Waals surface area contributed by atoms with Crippen molar-refractivity contribution in [1.82, 2.24) is 0 Å². The predicted octanol–water partition coefficient (Wildman–Crippen LogP) is 2.30. The van der Waals surface area contributed by atoms with Crippen LogP contribution >= 0.6 is 0 Å². The maximum absolute atomic E-state index is 11.6. The van der Waals surface area contributed by atoms with E-state index in [0.717, 1.165) is 0 Å². The van der Waals surface area contributed by atoms with Crippen molar-refractivity contribution in [2.24, 2.45) is 0 Å². The average molecular weight is 265 g/mol. The number of ether oxygens (including phenoxy) is 1. The minimum Gasteiger partial charge on any atom is -0.481 e. The molecule has 2 N–H and O–H groups in total. The van der Waals surface area contributed by atoms with Crippen LogP contribution in [0.3, 0.4) is 0 Å². The molecule has 6 heteroatoms. The van der Waals surface area contributed by atoms with Gasteiger partial charge in [-0.15, -0.1) is 0 Å². The minimum atomic E-state index is -1.01. The van der Waals surface area contributed by atoms with Gasteiger partial charge in [-0.2, -0.15) is 0 Å². The Morgan fingerprint density at radius 3 is 2.32 bits per heavy atom. The molecule has 0 aliphatic rings. The first-order valence-electron chi connectivity index (χ1n) is 5.81. The maximum Gasteiger partial charge on any atom is 0.411 e. The number of carbonyl (C=O) groups is 3. The molecule has 0 atom stereocenters. The Bertz CT molecular complexity index is 466. The normalized spacial score (nSPS) is 9.74. The highest BCUT2D eigenvalue weighted by Crippen LogP contribution is 2.12. The van der Waals surface area contributed by atoms with Crippen LogP contribution in [0, 0.1) is 0 Å². The summed E-state index contributed by atoms with van der Waals surface area (Å²) >= 11 is 0. The van der Waals surface area contributed by atoms with Gasteiger partial charge >= 0.3 is 12.1 Å². The van der Waals surface area contributed by atoms with E-state index in [4.69, 9.17) is 9.84 Å². The molecule has 102 valence electrons. The Morgan fingerprint density at radius 1 is 1.16 bits per heavy atom. The lowest BCUT2D eigenvalue weighted by atomic mass is 10.1. The zero-order valence-electron chi connectivity index (χ0n) is 10.5. The molecule has 0 bridgehead atoms. The SMILES string of the molecule is CCOC(=O)Nc1ccc(C(=O)CCC(=O)O)cc1. The number of hydrogen-bond donors (Lipinski definition) is 2. The quantitative estimate of drug-likeness (QED) is 0.770. The second kappa shape index (κ2) is 7.15. The number of carboxylic acids is 1. The van der Waals surface area contributed by atoms with E-state index in [1.54, 1.807) is 19.1 Å². The summed E-state index contributed by atoms with van der Waals surface area (Å²) in [5.41, 5.74) is 0.920. The van der Waals surface area contributed by atoms with Crippen molar-refractivity contribution in [1.29, 1.82) is 0 Å². The highest BCUT2D eigenvalue weighted by atomic mass is 16.5. The molecule has 0 unspecified atom stereocenters. The molecule has 0 saturated heterocycles. The Balaban J connectivity index is 2.58. The maximum atomic E-state index is 11.6. The van der Waals surface area contributed by atoms with Crippen LogP contribution in [0.4, 0.5) is 10.5 Å². The van der Waals surface area contributed by atoms with Crippen molar-refractivity contribution >= 4 is 23.5 Å². The largest absolute Gasteiger partial charge is 0.481 e. The van der Waals surface area contributed by atoms with Gasteiger partial charge in [-0.3, -0.25) is 14.9 Å². The average Bonchev–Trinajstić information content (AvgIpc) is 2.37. The van der Waals surface area contributed by atoms with Crippen LogP contribution < -0.4 is 5.32 Å². The molecule has 19 heavy (non-hydrogen) atoms. The summed E-state index contributed by atoms with van der Waals surface area (Å²) in [6.07, 6.45) is -0.797. The molecule has 0 aliphatic heterocycles. The fourth-order valence-corrected chi connectivity index (χ4v) is 1.39. The molecule has 0 saturated carbocycles. The van der Waals surface area contributed by atoms with E-state index in [0.29, 0.717) is 11.3 Å². The van der Waals surface area contributed by atoms with Gasteiger partial charge in [-0.05, 0) is 31.2 Å². The highest BCUT2D eigenvalue weighted by molar-refractivity contribution is 5.98. The van der Waals surface area contributed by atoms with Gasteiger partial charge in [0.15, 0.2) is 5.78 Å². The first-order chi connectivity index (χ1) is 9.02. The molecule has 0 fully saturated rings. The van der Waals surface area contributed by atoms with Crippen molar-refractivity contribution in [2.75, 3.05) is 11.9 Å². The molecule has 1 aromatic carbocycles. The second-order valence-electron chi connectivity index (χ2n) is 3.74. The van der Waals surface area contributed by atoms with Gasteiger partial charge in [0.2, 0.25) is 0 Å². The van der Waals surface area contributed by atoms with Crippen LogP contribution in [0.15, 0.2) is 24.3 Å².